The number of hydrogen-bond acceptors (Lipinski definition) is 3. The number of likely N-dealkylation sites (N-methyl/N-ethyl adjacent to an activating group) is 1. The van der Waals surface area contributed by atoms with Crippen molar-refractivity contribution < 1.29 is 14.6 Å². The molecule has 0 heterocycles. The van der Waals surface area contributed by atoms with Crippen molar-refractivity contribution in [1.29, 1.82) is 0 Å². The van der Waals surface area contributed by atoms with Gasteiger partial charge in [-0.2, -0.15) is 0 Å². The highest BCUT2D eigenvalue weighted by molar-refractivity contribution is 5.78. The van der Waals surface area contributed by atoms with Crippen LogP contribution in [0.5, 0.6) is 5.75 Å². The summed E-state index contributed by atoms with van der Waals surface area (Å²) in [6.07, 6.45) is 3.90. The van der Waals surface area contributed by atoms with E-state index in [0.717, 1.165) is 12.2 Å². The molecule has 2 N–H and O–H groups in total. The quantitative estimate of drug-likeness (QED) is 0.695. The second-order valence-electron chi connectivity index (χ2n) is 5.51. The number of hydrogen-bond donors (Lipinski definition) is 2. The molecule has 1 aromatic carbocycles. The molecule has 1 atom stereocenters. The largest absolute Gasteiger partial charge is 0.494 e. The summed E-state index contributed by atoms with van der Waals surface area (Å²) in [5.74, 6) is -0.0534. The number of unbranched alkanes of at least 4 members (excludes halogenated alkanes) is 1. The van der Waals surface area contributed by atoms with E-state index in [0.29, 0.717) is 19.6 Å². The lowest BCUT2D eigenvalue weighted by Gasteiger charge is -2.25. The average molecular weight is 293 g/mol. The zero-order valence-electron chi connectivity index (χ0n) is 13.3. The van der Waals surface area contributed by atoms with E-state index in [4.69, 9.17) is 4.74 Å². The molecule has 0 saturated heterocycles. The highest BCUT2D eigenvalue weighted by atomic mass is 16.5. The van der Waals surface area contributed by atoms with Crippen molar-refractivity contribution in [2.45, 2.75) is 52.0 Å². The molecule has 1 unspecified atom stereocenters. The molecule has 0 radical (unpaired) electrons. The highest BCUT2D eigenvalue weighted by Gasteiger charge is 2.31. The van der Waals surface area contributed by atoms with E-state index >= 15 is 0 Å². The van der Waals surface area contributed by atoms with Crippen molar-refractivity contribution in [3.63, 3.8) is 0 Å². The van der Waals surface area contributed by atoms with Crippen LogP contribution in [0.15, 0.2) is 24.3 Å². The van der Waals surface area contributed by atoms with Gasteiger partial charge in [0, 0.05) is 6.42 Å². The molecule has 21 heavy (non-hydrogen) atoms. The van der Waals surface area contributed by atoms with Crippen LogP contribution in [0.3, 0.4) is 0 Å². The maximum atomic E-state index is 11.3. The summed E-state index contributed by atoms with van der Waals surface area (Å²) in [4.78, 5) is 11.3. The molecule has 0 aromatic heterocycles. The molecular weight excluding hydrogens is 266 g/mol. The number of nitrogens with one attached hydrogen (secondary N) is 1. The van der Waals surface area contributed by atoms with Crippen molar-refractivity contribution in [2.24, 2.45) is 0 Å². The van der Waals surface area contributed by atoms with Gasteiger partial charge in [0.2, 0.25) is 0 Å². The fourth-order valence-electron chi connectivity index (χ4n) is 2.17. The molecule has 0 bridgehead atoms. The number of ether oxygens (including phenoxy) is 1. The van der Waals surface area contributed by atoms with E-state index < -0.39 is 11.5 Å². The Hall–Kier alpha value is -1.55. The van der Waals surface area contributed by atoms with E-state index in [9.17, 15) is 9.90 Å². The smallest absolute Gasteiger partial charge is 0.323 e. The summed E-state index contributed by atoms with van der Waals surface area (Å²) < 4.78 is 5.65. The van der Waals surface area contributed by atoms with Gasteiger partial charge in [-0.05, 0) is 44.0 Å². The molecular formula is C17H27NO3. The second-order valence-corrected chi connectivity index (χ2v) is 5.51. The minimum absolute atomic E-state index is 0.379. The Morgan fingerprint density at radius 3 is 2.48 bits per heavy atom. The van der Waals surface area contributed by atoms with Crippen LogP contribution < -0.4 is 10.1 Å². The Bertz CT molecular complexity index is 430. The summed E-state index contributed by atoms with van der Waals surface area (Å²) in [7, 11) is 0. The molecule has 0 saturated carbocycles. The summed E-state index contributed by atoms with van der Waals surface area (Å²) in [6, 6.07) is 8.06. The standard InChI is InChI=1S/C17H27NO3/c1-4-6-7-14-8-10-15(11-9-14)21-13-12-17(3,16(19)20)18-5-2/h8-11,18H,4-7,12-13H2,1-3H3,(H,19,20). The van der Waals surface area contributed by atoms with Crippen molar-refractivity contribution >= 4 is 5.97 Å². The van der Waals surface area contributed by atoms with Crippen LogP contribution in [0.25, 0.3) is 0 Å². The molecule has 4 heteroatoms. The predicted molar refractivity (Wildman–Crippen MR) is 84.9 cm³/mol. The van der Waals surface area contributed by atoms with Gasteiger partial charge in [-0.1, -0.05) is 32.4 Å². The third-order valence-electron chi connectivity index (χ3n) is 3.65. The molecule has 4 nitrogen and oxygen atoms in total. The molecule has 0 spiro atoms. The van der Waals surface area contributed by atoms with E-state index in [-0.39, 0.29) is 0 Å². The SMILES string of the molecule is CCCCc1ccc(OCCC(C)(NCC)C(=O)O)cc1. The lowest BCUT2D eigenvalue weighted by atomic mass is 9.98. The highest BCUT2D eigenvalue weighted by Crippen LogP contribution is 2.16. The Labute approximate surface area is 127 Å². The lowest BCUT2D eigenvalue weighted by Crippen LogP contribution is -2.50. The number of carbonyl (C=O) groups is 1. The molecule has 1 aromatic rings. The van der Waals surface area contributed by atoms with Gasteiger partial charge in [-0.15, -0.1) is 0 Å². The average Bonchev–Trinajstić information content (AvgIpc) is 2.46. The number of aliphatic carboxylic acids is 1. The number of aryl methyl sites for hydroxylation is 1. The summed E-state index contributed by atoms with van der Waals surface area (Å²) >= 11 is 0. The first-order valence-corrected chi connectivity index (χ1v) is 7.72. The van der Waals surface area contributed by atoms with Gasteiger partial charge in [-0.3, -0.25) is 4.79 Å². The van der Waals surface area contributed by atoms with Gasteiger partial charge in [0.05, 0.1) is 6.61 Å². The van der Waals surface area contributed by atoms with Crippen LogP contribution in [0.1, 0.15) is 45.6 Å². The molecule has 0 aliphatic rings. The van der Waals surface area contributed by atoms with Gasteiger partial charge in [0.1, 0.15) is 11.3 Å². The van der Waals surface area contributed by atoms with Crippen LogP contribution >= 0.6 is 0 Å². The van der Waals surface area contributed by atoms with E-state index in [1.165, 1.54) is 18.4 Å². The van der Waals surface area contributed by atoms with Gasteiger partial charge < -0.3 is 15.2 Å². The van der Waals surface area contributed by atoms with E-state index in [1.807, 2.05) is 19.1 Å². The van der Waals surface area contributed by atoms with Crippen LogP contribution in [0, 0.1) is 0 Å². The third-order valence-corrected chi connectivity index (χ3v) is 3.65. The summed E-state index contributed by atoms with van der Waals surface area (Å²) in [6.45, 7) is 6.77. The fraction of sp³-hybridized carbons (Fsp3) is 0.588. The minimum Gasteiger partial charge on any atom is -0.494 e. The normalized spacial score (nSPS) is 13.7. The molecule has 0 fully saturated rings. The Morgan fingerprint density at radius 2 is 1.95 bits per heavy atom. The molecule has 0 aliphatic heterocycles. The Morgan fingerprint density at radius 1 is 1.29 bits per heavy atom. The first-order valence-electron chi connectivity index (χ1n) is 7.72. The minimum atomic E-state index is -0.935. The molecule has 118 valence electrons. The number of rotatable bonds is 10. The van der Waals surface area contributed by atoms with Crippen molar-refractivity contribution in [3.05, 3.63) is 29.8 Å². The van der Waals surface area contributed by atoms with E-state index in [1.54, 1.807) is 6.92 Å². The maximum absolute atomic E-state index is 11.3. The zero-order valence-corrected chi connectivity index (χ0v) is 13.3. The Kier molecular flexibility index (Phi) is 7.23. The van der Waals surface area contributed by atoms with Crippen LogP contribution in [0.4, 0.5) is 0 Å². The second kappa shape index (κ2) is 8.67. The molecule has 0 aliphatic carbocycles. The first-order chi connectivity index (χ1) is 10.0. The lowest BCUT2D eigenvalue weighted by molar-refractivity contribution is -0.144. The zero-order chi connectivity index (χ0) is 15.7. The number of benzene rings is 1. The van der Waals surface area contributed by atoms with Crippen LogP contribution in [0.2, 0.25) is 0 Å². The van der Waals surface area contributed by atoms with Gasteiger partial charge in [0.15, 0.2) is 0 Å². The van der Waals surface area contributed by atoms with Crippen LogP contribution in [-0.4, -0.2) is 29.8 Å². The Balaban J connectivity index is 2.46. The van der Waals surface area contributed by atoms with Gasteiger partial charge in [0.25, 0.3) is 0 Å². The predicted octanol–water partition coefficient (Wildman–Crippen LogP) is 3.25. The maximum Gasteiger partial charge on any atom is 0.323 e. The van der Waals surface area contributed by atoms with Gasteiger partial charge in [-0.25, -0.2) is 0 Å². The topological polar surface area (TPSA) is 58.6 Å². The monoisotopic (exact) mass is 293 g/mol. The number of carboxylic acids is 1. The third kappa shape index (κ3) is 5.76. The summed E-state index contributed by atoms with van der Waals surface area (Å²) in [5, 5.41) is 12.3. The van der Waals surface area contributed by atoms with Crippen LogP contribution in [-0.2, 0) is 11.2 Å². The van der Waals surface area contributed by atoms with Crippen molar-refractivity contribution in [1.82, 2.24) is 5.32 Å². The number of carboxylic acid groups (broad SMARTS) is 1. The van der Waals surface area contributed by atoms with Gasteiger partial charge >= 0.3 is 5.97 Å². The van der Waals surface area contributed by atoms with E-state index in [2.05, 4.69) is 24.4 Å². The van der Waals surface area contributed by atoms with Crippen molar-refractivity contribution in [2.75, 3.05) is 13.2 Å². The molecule has 1 rings (SSSR count). The fourth-order valence-corrected chi connectivity index (χ4v) is 2.17. The summed E-state index contributed by atoms with van der Waals surface area (Å²) in [5.41, 5.74) is 0.378. The van der Waals surface area contributed by atoms with Crippen molar-refractivity contribution in [3.8, 4) is 5.75 Å². The molecule has 0 amide bonds. The first kappa shape index (κ1) is 17.5.